The lowest BCUT2D eigenvalue weighted by molar-refractivity contribution is -0.115. The fraction of sp³-hybridized carbons (Fsp3) is 0.333. The highest BCUT2D eigenvalue weighted by molar-refractivity contribution is 8.26. The molecule has 2 rings (SSSR count). The summed E-state index contributed by atoms with van der Waals surface area (Å²) >= 11 is 6.26. The van der Waals surface area contributed by atoms with Gasteiger partial charge in [-0.2, -0.15) is 0 Å². The molecule has 3 nitrogen and oxygen atoms in total. The van der Waals surface area contributed by atoms with E-state index in [2.05, 4.69) is 19.2 Å². The number of carbonyl (C=O) groups is 1. The van der Waals surface area contributed by atoms with E-state index in [1.807, 2.05) is 30.3 Å². The van der Waals surface area contributed by atoms with Crippen LogP contribution in [0.2, 0.25) is 0 Å². The van der Waals surface area contributed by atoms with Gasteiger partial charge in [-0.05, 0) is 24.5 Å². The minimum absolute atomic E-state index is 0.142. The van der Waals surface area contributed by atoms with Crippen molar-refractivity contribution in [3.8, 4) is 5.75 Å². The van der Waals surface area contributed by atoms with Crippen LogP contribution in [0.25, 0.3) is 6.08 Å². The van der Waals surface area contributed by atoms with Gasteiger partial charge in [-0.1, -0.05) is 56.0 Å². The molecule has 1 saturated heterocycles. The van der Waals surface area contributed by atoms with Gasteiger partial charge in [-0.15, -0.1) is 0 Å². The van der Waals surface area contributed by atoms with E-state index in [-0.39, 0.29) is 5.91 Å². The quantitative estimate of drug-likeness (QED) is 0.666. The third kappa shape index (κ3) is 4.08. The van der Waals surface area contributed by atoms with Crippen LogP contribution in [0.3, 0.4) is 0 Å². The number of thiocarbonyl (C=S) groups is 1. The van der Waals surface area contributed by atoms with Crippen LogP contribution in [0.1, 0.15) is 25.8 Å². The van der Waals surface area contributed by atoms with Crippen LogP contribution in [-0.2, 0) is 4.79 Å². The summed E-state index contributed by atoms with van der Waals surface area (Å²) in [4.78, 5) is 12.3. The molecular weight excluding hydrogens is 290 g/mol. The molecule has 1 aliphatic heterocycles. The summed E-state index contributed by atoms with van der Waals surface area (Å²) in [6.45, 7) is 5.00. The lowest BCUT2D eigenvalue weighted by Crippen LogP contribution is -2.17. The van der Waals surface area contributed by atoms with Gasteiger partial charge in [0, 0.05) is 5.56 Å². The minimum atomic E-state index is -0.142. The Kier molecular flexibility index (Phi) is 5.20. The molecule has 1 heterocycles. The fourth-order valence-electron chi connectivity index (χ4n) is 1.70. The van der Waals surface area contributed by atoms with Crippen LogP contribution >= 0.6 is 24.0 Å². The van der Waals surface area contributed by atoms with Crippen molar-refractivity contribution in [2.24, 2.45) is 5.92 Å². The van der Waals surface area contributed by atoms with Crippen molar-refractivity contribution in [2.45, 2.75) is 20.3 Å². The zero-order chi connectivity index (χ0) is 14.5. The van der Waals surface area contributed by atoms with Crippen LogP contribution in [0.15, 0.2) is 29.2 Å². The maximum absolute atomic E-state index is 11.7. The fourth-order valence-corrected chi connectivity index (χ4v) is 2.73. The summed E-state index contributed by atoms with van der Waals surface area (Å²) in [5.74, 6) is 1.26. The van der Waals surface area contributed by atoms with Gasteiger partial charge in [0.2, 0.25) is 0 Å². The predicted molar refractivity (Wildman–Crippen MR) is 87.7 cm³/mol. The third-order valence-electron chi connectivity index (χ3n) is 2.80. The van der Waals surface area contributed by atoms with Crippen molar-refractivity contribution in [3.05, 3.63) is 34.7 Å². The summed E-state index contributed by atoms with van der Waals surface area (Å²) in [6, 6.07) is 7.71. The number of nitrogens with one attached hydrogen (secondary N) is 1. The molecule has 0 aromatic heterocycles. The Bertz CT molecular complexity index is 553. The molecule has 20 heavy (non-hydrogen) atoms. The molecule has 0 aliphatic carbocycles. The first kappa shape index (κ1) is 15.1. The molecule has 1 N–H and O–H groups in total. The molecule has 1 aliphatic rings. The smallest absolute Gasteiger partial charge is 0.263 e. The monoisotopic (exact) mass is 307 g/mol. The zero-order valence-electron chi connectivity index (χ0n) is 11.5. The van der Waals surface area contributed by atoms with Gasteiger partial charge in [-0.3, -0.25) is 4.79 Å². The number of thioether (sulfide) groups is 1. The molecule has 0 spiro atoms. The maximum Gasteiger partial charge on any atom is 0.263 e. The molecule has 1 amide bonds. The normalized spacial score (nSPS) is 16.9. The molecule has 0 atom stereocenters. The molecule has 5 heteroatoms. The van der Waals surface area contributed by atoms with Gasteiger partial charge < -0.3 is 10.1 Å². The number of benzene rings is 1. The Morgan fingerprint density at radius 1 is 1.40 bits per heavy atom. The van der Waals surface area contributed by atoms with Gasteiger partial charge in [0.25, 0.3) is 5.91 Å². The number of hydrogen-bond acceptors (Lipinski definition) is 4. The van der Waals surface area contributed by atoms with Crippen LogP contribution < -0.4 is 10.1 Å². The first-order valence-electron chi connectivity index (χ1n) is 6.53. The summed E-state index contributed by atoms with van der Waals surface area (Å²) in [5.41, 5.74) is 0.901. The molecule has 0 bridgehead atoms. The number of amides is 1. The zero-order valence-corrected chi connectivity index (χ0v) is 13.1. The Morgan fingerprint density at radius 3 is 2.80 bits per heavy atom. The molecule has 0 unspecified atom stereocenters. The van der Waals surface area contributed by atoms with Gasteiger partial charge in [0.1, 0.15) is 10.1 Å². The maximum atomic E-state index is 11.7. The average Bonchev–Trinajstić information content (AvgIpc) is 2.69. The van der Waals surface area contributed by atoms with Gasteiger partial charge in [-0.25, -0.2) is 0 Å². The van der Waals surface area contributed by atoms with Gasteiger partial charge in [0.05, 0.1) is 11.5 Å². The topological polar surface area (TPSA) is 38.3 Å². The van der Waals surface area contributed by atoms with E-state index < -0.39 is 0 Å². The molecule has 1 aromatic rings. The Balaban J connectivity index is 2.13. The highest BCUT2D eigenvalue weighted by Gasteiger charge is 2.22. The van der Waals surface area contributed by atoms with E-state index >= 15 is 0 Å². The molecule has 106 valence electrons. The van der Waals surface area contributed by atoms with Crippen LogP contribution in [0, 0.1) is 5.92 Å². The van der Waals surface area contributed by atoms with Crippen molar-refractivity contribution < 1.29 is 9.53 Å². The van der Waals surface area contributed by atoms with Crippen molar-refractivity contribution in [1.29, 1.82) is 0 Å². The Hall–Kier alpha value is -1.33. The number of carbonyl (C=O) groups excluding carboxylic acids is 1. The summed E-state index contributed by atoms with van der Waals surface area (Å²) in [6.07, 6.45) is 2.83. The standard InChI is InChI=1S/C15H17NO2S2/c1-10(2)7-8-18-12-6-4-3-5-11(12)9-13-14(17)16-15(19)20-13/h3-6,9-10H,7-8H2,1-2H3,(H,16,17,19). The van der Waals surface area contributed by atoms with Gasteiger partial charge in [0.15, 0.2) is 0 Å². The lowest BCUT2D eigenvalue weighted by atomic mass is 10.1. The van der Waals surface area contributed by atoms with E-state index in [9.17, 15) is 4.79 Å². The predicted octanol–water partition coefficient (Wildman–Crippen LogP) is 3.60. The third-order valence-corrected chi connectivity index (χ3v) is 3.96. The van der Waals surface area contributed by atoms with E-state index in [1.54, 1.807) is 0 Å². The van der Waals surface area contributed by atoms with Crippen LogP contribution in [0.4, 0.5) is 0 Å². The number of para-hydroxylation sites is 1. The van der Waals surface area contributed by atoms with E-state index in [4.69, 9.17) is 17.0 Å². The average molecular weight is 307 g/mol. The SMILES string of the molecule is CC(C)CCOc1ccccc1C=C1SC(=S)NC1=O. The highest BCUT2D eigenvalue weighted by Crippen LogP contribution is 2.29. The van der Waals surface area contributed by atoms with Crippen LogP contribution in [0.5, 0.6) is 5.75 Å². The van der Waals surface area contributed by atoms with Crippen molar-refractivity contribution >= 4 is 40.3 Å². The summed E-state index contributed by atoms with van der Waals surface area (Å²) < 4.78 is 6.30. The van der Waals surface area contributed by atoms with Gasteiger partial charge >= 0.3 is 0 Å². The van der Waals surface area contributed by atoms with Crippen molar-refractivity contribution in [1.82, 2.24) is 5.32 Å². The summed E-state index contributed by atoms with van der Waals surface area (Å²) in [7, 11) is 0. The molecule has 0 radical (unpaired) electrons. The number of hydrogen-bond donors (Lipinski definition) is 1. The minimum Gasteiger partial charge on any atom is -0.493 e. The second kappa shape index (κ2) is 6.90. The lowest BCUT2D eigenvalue weighted by Gasteiger charge is -2.10. The van der Waals surface area contributed by atoms with E-state index in [0.717, 1.165) is 17.7 Å². The Morgan fingerprint density at radius 2 is 2.15 bits per heavy atom. The summed E-state index contributed by atoms with van der Waals surface area (Å²) in [5, 5.41) is 2.61. The molecule has 1 aromatic carbocycles. The van der Waals surface area contributed by atoms with Crippen molar-refractivity contribution in [2.75, 3.05) is 6.61 Å². The van der Waals surface area contributed by atoms with E-state index in [1.165, 1.54) is 11.8 Å². The Labute approximate surface area is 128 Å². The largest absolute Gasteiger partial charge is 0.493 e. The molecule has 0 saturated carbocycles. The highest BCUT2D eigenvalue weighted by atomic mass is 32.2. The second-order valence-corrected chi connectivity index (χ2v) is 6.64. The molecule has 1 fully saturated rings. The number of rotatable bonds is 5. The second-order valence-electron chi connectivity index (χ2n) is 4.92. The van der Waals surface area contributed by atoms with Crippen molar-refractivity contribution in [3.63, 3.8) is 0 Å². The first-order chi connectivity index (χ1) is 9.56. The van der Waals surface area contributed by atoms with Crippen LogP contribution in [-0.4, -0.2) is 16.8 Å². The van der Waals surface area contributed by atoms with E-state index in [0.29, 0.717) is 21.8 Å². The number of ether oxygens (including phenoxy) is 1. The first-order valence-corrected chi connectivity index (χ1v) is 7.75. The molecular formula is C15H17NO2S2.